The average Bonchev–Trinajstić information content (AvgIpc) is 2.41. The number of nitrogens with two attached hydrogens (primary N) is 1. The van der Waals surface area contributed by atoms with Crippen molar-refractivity contribution in [2.24, 2.45) is 19.8 Å². The van der Waals surface area contributed by atoms with Crippen LogP contribution in [0.25, 0.3) is 0 Å². The number of hydrogen-bond acceptors (Lipinski definition) is 4. The molecule has 21 heavy (non-hydrogen) atoms. The zero-order valence-electron chi connectivity index (χ0n) is 13.3. The summed E-state index contributed by atoms with van der Waals surface area (Å²) in [4.78, 5) is 37.4. The van der Waals surface area contributed by atoms with E-state index in [1.54, 1.807) is 21.0 Å². The van der Waals surface area contributed by atoms with Crippen molar-refractivity contribution in [3.8, 4) is 0 Å². The molecule has 7 nitrogen and oxygen atoms in total. The minimum atomic E-state index is -0.949. The maximum absolute atomic E-state index is 12.3. The first-order valence-corrected chi connectivity index (χ1v) is 6.91. The van der Waals surface area contributed by atoms with Crippen LogP contribution >= 0.6 is 0 Å². The van der Waals surface area contributed by atoms with Crippen LogP contribution in [0.5, 0.6) is 0 Å². The molecule has 1 heterocycles. The number of aryl methyl sites for hydroxylation is 1. The highest BCUT2D eigenvalue weighted by molar-refractivity contribution is 5.85. The normalized spacial score (nSPS) is 13.8. The van der Waals surface area contributed by atoms with Gasteiger partial charge in [-0.1, -0.05) is 13.3 Å². The van der Waals surface area contributed by atoms with Crippen molar-refractivity contribution in [3.05, 3.63) is 32.6 Å². The Morgan fingerprint density at radius 1 is 1.38 bits per heavy atom. The van der Waals surface area contributed by atoms with E-state index in [0.29, 0.717) is 12.0 Å². The van der Waals surface area contributed by atoms with Gasteiger partial charge < -0.3 is 15.2 Å². The fourth-order valence-corrected chi connectivity index (χ4v) is 2.38. The first-order chi connectivity index (χ1) is 9.61. The summed E-state index contributed by atoms with van der Waals surface area (Å²) in [6.07, 6.45) is 2.83. The van der Waals surface area contributed by atoms with Crippen molar-refractivity contribution in [1.82, 2.24) is 14.0 Å². The van der Waals surface area contributed by atoms with Gasteiger partial charge >= 0.3 is 5.69 Å². The number of nitrogens with zero attached hydrogens (tertiary/aromatic N) is 3. The number of amides is 1. The van der Waals surface area contributed by atoms with E-state index >= 15 is 0 Å². The average molecular weight is 296 g/mol. The third kappa shape index (κ3) is 3.60. The molecule has 0 bridgehead atoms. The fourth-order valence-electron chi connectivity index (χ4n) is 2.38. The second kappa shape index (κ2) is 6.26. The van der Waals surface area contributed by atoms with E-state index in [0.717, 1.165) is 11.0 Å². The lowest BCUT2D eigenvalue weighted by Gasteiger charge is -2.29. The van der Waals surface area contributed by atoms with Crippen LogP contribution < -0.4 is 17.0 Å². The second-order valence-electron chi connectivity index (χ2n) is 5.74. The lowest BCUT2D eigenvalue weighted by atomic mass is 9.96. The molecule has 0 spiro atoms. The smallest absolute Gasteiger partial charge is 0.330 e. The molecular weight excluding hydrogens is 272 g/mol. The van der Waals surface area contributed by atoms with Gasteiger partial charge in [-0.05, 0) is 13.3 Å². The molecule has 0 radical (unpaired) electrons. The summed E-state index contributed by atoms with van der Waals surface area (Å²) in [6.45, 7) is 3.77. The maximum Gasteiger partial charge on any atom is 0.330 e. The standard InChI is InChI=1S/C14H24N4O3/c1-6-7-14(2,15)12(20)16(3)8-10-9-17(4)13(21)18(5)11(10)19/h9H,6-8,15H2,1-5H3. The second-order valence-corrected chi connectivity index (χ2v) is 5.74. The summed E-state index contributed by atoms with van der Waals surface area (Å²) in [6, 6.07) is 0. The molecule has 0 aliphatic heterocycles. The maximum atomic E-state index is 12.3. The fraction of sp³-hybridized carbons (Fsp3) is 0.643. The number of aromatic nitrogens is 2. The van der Waals surface area contributed by atoms with Crippen molar-refractivity contribution in [3.63, 3.8) is 0 Å². The van der Waals surface area contributed by atoms with Crippen molar-refractivity contribution < 1.29 is 4.79 Å². The molecule has 1 aromatic heterocycles. The van der Waals surface area contributed by atoms with Gasteiger partial charge in [-0.25, -0.2) is 4.79 Å². The molecule has 7 heteroatoms. The first kappa shape index (κ1) is 17.2. The van der Waals surface area contributed by atoms with Crippen LogP contribution in [-0.4, -0.2) is 32.5 Å². The third-order valence-electron chi connectivity index (χ3n) is 3.53. The minimum Gasteiger partial charge on any atom is -0.340 e. The minimum absolute atomic E-state index is 0.121. The van der Waals surface area contributed by atoms with Gasteiger partial charge in [-0.3, -0.25) is 14.2 Å². The van der Waals surface area contributed by atoms with Crippen LogP contribution in [0, 0.1) is 0 Å². The summed E-state index contributed by atoms with van der Waals surface area (Å²) in [5.74, 6) is -0.222. The van der Waals surface area contributed by atoms with Gasteiger partial charge in [-0.2, -0.15) is 0 Å². The molecule has 1 unspecified atom stereocenters. The number of rotatable bonds is 5. The third-order valence-corrected chi connectivity index (χ3v) is 3.53. The topological polar surface area (TPSA) is 90.3 Å². The van der Waals surface area contributed by atoms with E-state index in [2.05, 4.69) is 0 Å². The SMILES string of the molecule is CCCC(C)(N)C(=O)N(C)Cc1cn(C)c(=O)n(C)c1=O. The summed E-state index contributed by atoms with van der Waals surface area (Å²) in [7, 11) is 4.59. The van der Waals surface area contributed by atoms with Gasteiger partial charge in [0.05, 0.1) is 17.6 Å². The Balaban J connectivity index is 3.05. The van der Waals surface area contributed by atoms with E-state index in [9.17, 15) is 14.4 Å². The highest BCUT2D eigenvalue weighted by Crippen LogP contribution is 2.13. The van der Waals surface area contributed by atoms with Gasteiger partial charge in [0.1, 0.15) is 0 Å². The van der Waals surface area contributed by atoms with E-state index in [1.807, 2.05) is 6.92 Å². The quantitative estimate of drug-likeness (QED) is 0.797. The molecule has 1 rings (SSSR count). The van der Waals surface area contributed by atoms with E-state index in [4.69, 9.17) is 5.73 Å². The predicted octanol–water partition coefficient (Wildman–Crippen LogP) is -0.440. The van der Waals surface area contributed by atoms with Crippen LogP contribution in [-0.2, 0) is 25.4 Å². The molecule has 118 valence electrons. The van der Waals surface area contributed by atoms with Crippen molar-refractivity contribution >= 4 is 5.91 Å². The monoisotopic (exact) mass is 296 g/mol. The highest BCUT2D eigenvalue weighted by Gasteiger charge is 2.30. The molecule has 0 fully saturated rings. The predicted molar refractivity (Wildman–Crippen MR) is 80.9 cm³/mol. The van der Waals surface area contributed by atoms with Gasteiger partial charge in [0.15, 0.2) is 0 Å². The van der Waals surface area contributed by atoms with Crippen LogP contribution in [0.2, 0.25) is 0 Å². The Kier molecular flexibility index (Phi) is 5.11. The largest absolute Gasteiger partial charge is 0.340 e. The van der Waals surface area contributed by atoms with Crippen LogP contribution in [0.1, 0.15) is 32.3 Å². The first-order valence-electron chi connectivity index (χ1n) is 6.91. The Labute approximate surface area is 124 Å². The summed E-state index contributed by atoms with van der Waals surface area (Å²) < 4.78 is 2.35. The molecular formula is C14H24N4O3. The van der Waals surface area contributed by atoms with Crippen LogP contribution in [0.3, 0.4) is 0 Å². The number of carbonyl (C=O) groups excluding carboxylic acids is 1. The summed E-state index contributed by atoms with van der Waals surface area (Å²) in [5, 5.41) is 0. The van der Waals surface area contributed by atoms with E-state index in [1.165, 1.54) is 22.7 Å². The van der Waals surface area contributed by atoms with Crippen molar-refractivity contribution in [2.75, 3.05) is 7.05 Å². The lowest BCUT2D eigenvalue weighted by molar-refractivity contribution is -0.135. The molecule has 1 amide bonds. The molecule has 0 aromatic carbocycles. The Morgan fingerprint density at radius 2 is 1.95 bits per heavy atom. The zero-order valence-corrected chi connectivity index (χ0v) is 13.3. The lowest BCUT2D eigenvalue weighted by Crippen LogP contribution is -2.52. The Hall–Kier alpha value is -1.89. The van der Waals surface area contributed by atoms with Crippen LogP contribution in [0.15, 0.2) is 15.8 Å². The number of carbonyl (C=O) groups is 1. The molecule has 0 saturated carbocycles. The molecule has 1 atom stereocenters. The Morgan fingerprint density at radius 3 is 2.48 bits per heavy atom. The molecule has 0 aliphatic carbocycles. The number of hydrogen-bond donors (Lipinski definition) is 1. The molecule has 0 aliphatic rings. The van der Waals surface area contributed by atoms with E-state index in [-0.39, 0.29) is 12.5 Å². The van der Waals surface area contributed by atoms with Crippen LogP contribution in [0.4, 0.5) is 0 Å². The summed E-state index contributed by atoms with van der Waals surface area (Å²) in [5.41, 5.74) is 4.65. The van der Waals surface area contributed by atoms with Crippen molar-refractivity contribution in [2.45, 2.75) is 38.8 Å². The number of likely N-dealkylation sites (N-methyl/N-ethyl adjacent to an activating group) is 1. The molecule has 2 N–H and O–H groups in total. The highest BCUT2D eigenvalue weighted by atomic mass is 16.2. The summed E-state index contributed by atoms with van der Waals surface area (Å²) >= 11 is 0. The van der Waals surface area contributed by atoms with Gasteiger partial charge in [0, 0.05) is 27.3 Å². The zero-order chi connectivity index (χ0) is 16.4. The van der Waals surface area contributed by atoms with E-state index < -0.39 is 16.8 Å². The molecule has 1 aromatic rings. The van der Waals surface area contributed by atoms with Gasteiger partial charge in [0.25, 0.3) is 5.56 Å². The van der Waals surface area contributed by atoms with Gasteiger partial charge in [0.2, 0.25) is 5.91 Å². The molecule has 0 saturated heterocycles. The van der Waals surface area contributed by atoms with Crippen molar-refractivity contribution in [1.29, 1.82) is 0 Å². The van der Waals surface area contributed by atoms with Gasteiger partial charge in [-0.15, -0.1) is 0 Å². The Bertz CT molecular complexity index is 643.